The normalized spacial score (nSPS) is 40.7. The molecule has 0 aromatic rings. The molecule has 2 N–H and O–H groups in total. The Morgan fingerprint density at radius 3 is 2.42 bits per heavy atom. The Labute approximate surface area is 220 Å². The van der Waals surface area contributed by atoms with Crippen molar-refractivity contribution in [3.8, 4) is 0 Å². The van der Waals surface area contributed by atoms with E-state index in [1.165, 1.54) is 19.1 Å². The number of carbonyl (C=O) groups excluding carboxylic acids is 4. The smallest absolute Gasteiger partial charge is 0.333 e. The molecule has 3 aliphatic carbocycles. The van der Waals surface area contributed by atoms with Gasteiger partial charge in [-0.1, -0.05) is 63.0 Å². The number of aliphatic hydroxyl groups is 1. The first-order valence-corrected chi connectivity index (χ1v) is 12.7. The van der Waals surface area contributed by atoms with Gasteiger partial charge < -0.3 is 19.7 Å². The number of cyclic esters (lactones) is 1. The fraction of sp³-hybridized carbons (Fsp3) is 0.483. The van der Waals surface area contributed by atoms with Crippen molar-refractivity contribution in [2.45, 2.75) is 45.8 Å². The van der Waals surface area contributed by atoms with Crippen molar-refractivity contribution in [1.29, 1.82) is 0 Å². The molecule has 0 radical (unpaired) electrons. The van der Waals surface area contributed by atoms with Crippen molar-refractivity contribution in [1.82, 2.24) is 0 Å². The molecule has 4 rings (SSSR count). The topological polar surface area (TPSA) is 144 Å². The van der Waals surface area contributed by atoms with E-state index in [2.05, 4.69) is 6.58 Å². The van der Waals surface area contributed by atoms with Crippen LogP contribution in [0, 0.1) is 40.4 Å². The fourth-order valence-corrected chi connectivity index (χ4v) is 6.89. The van der Waals surface area contributed by atoms with Crippen LogP contribution >= 0.6 is 0 Å². The maximum absolute atomic E-state index is 14.6. The predicted octanol–water partition coefficient (Wildman–Crippen LogP) is 2.71. The number of rotatable bonds is 5. The second-order valence-corrected chi connectivity index (χ2v) is 10.8. The zero-order valence-electron chi connectivity index (χ0n) is 21.5. The second-order valence-electron chi connectivity index (χ2n) is 10.8. The molecular formula is C29H32O9. The molecule has 9 nitrogen and oxygen atoms in total. The molecule has 0 bridgehead atoms. The molecule has 0 amide bonds. The number of carboxylic acids is 1. The Kier molecular flexibility index (Phi) is 7.18. The van der Waals surface area contributed by atoms with Crippen LogP contribution < -0.4 is 0 Å². The summed E-state index contributed by atoms with van der Waals surface area (Å²) in [6.45, 7) is 8.37. The number of hydrogen-bond donors (Lipinski definition) is 2. The van der Waals surface area contributed by atoms with E-state index in [0.717, 1.165) is 6.08 Å². The van der Waals surface area contributed by atoms with Gasteiger partial charge in [-0.3, -0.25) is 19.2 Å². The van der Waals surface area contributed by atoms with Gasteiger partial charge in [0.25, 0.3) is 0 Å². The third-order valence-corrected chi connectivity index (χ3v) is 8.87. The summed E-state index contributed by atoms with van der Waals surface area (Å²) >= 11 is 0. The molecule has 9 heteroatoms. The zero-order chi connectivity index (χ0) is 28.0. The van der Waals surface area contributed by atoms with Gasteiger partial charge in [-0.25, -0.2) is 4.79 Å². The number of Topliss-reactive ketones (excluding diaryl/α,β-unsaturated/α-hetero) is 2. The van der Waals surface area contributed by atoms with Crippen LogP contribution in [-0.4, -0.2) is 51.9 Å². The quantitative estimate of drug-likeness (QED) is 0.182. The van der Waals surface area contributed by atoms with Crippen LogP contribution in [0.25, 0.3) is 0 Å². The number of carboxylic acid groups (broad SMARTS) is 1. The lowest BCUT2D eigenvalue weighted by molar-refractivity contribution is -0.180. The van der Waals surface area contributed by atoms with Crippen LogP contribution in [0.5, 0.6) is 0 Å². The molecule has 38 heavy (non-hydrogen) atoms. The van der Waals surface area contributed by atoms with Gasteiger partial charge in [0, 0.05) is 36.2 Å². The Morgan fingerprint density at radius 2 is 1.82 bits per heavy atom. The van der Waals surface area contributed by atoms with Crippen LogP contribution in [0.15, 0.2) is 60.9 Å². The summed E-state index contributed by atoms with van der Waals surface area (Å²) in [6.07, 6.45) is 11.3. The highest BCUT2D eigenvalue weighted by Gasteiger charge is 2.73. The highest BCUT2D eigenvalue weighted by Crippen LogP contribution is 2.62. The number of aliphatic hydroxyl groups excluding tert-OH is 1. The van der Waals surface area contributed by atoms with Gasteiger partial charge in [0.15, 0.2) is 17.0 Å². The summed E-state index contributed by atoms with van der Waals surface area (Å²) in [4.78, 5) is 63.8. The van der Waals surface area contributed by atoms with Crippen LogP contribution in [0.1, 0.15) is 33.6 Å². The highest BCUT2D eigenvalue weighted by molar-refractivity contribution is 6.32. The van der Waals surface area contributed by atoms with Crippen molar-refractivity contribution in [2.75, 3.05) is 0 Å². The number of allylic oxidation sites excluding steroid dienone is 7. The molecule has 0 aromatic carbocycles. The van der Waals surface area contributed by atoms with E-state index < -0.39 is 70.3 Å². The van der Waals surface area contributed by atoms with Crippen LogP contribution in [0.4, 0.5) is 0 Å². The van der Waals surface area contributed by atoms with Gasteiger partial charge >= 0.3 is 17.9 Å². The first kappa shape index (κ1) is 27.4. The molecule has 1 spiro atoms. The number of esters is 2. The minimum atomic E-state index is -2.12. The lowest BCUT2D eigenvalue weighted by atomic mass is 9.43. The Morgan fingerprint density at radius 1 is 1.13 bits per heavy atom. The first-order valence-electron chi connectivity index (χ1n) is 12.7. The molecule has 3 fully saturated rings. The third-order valence-electron chi connectivity index (χ3n) is 8.87. The summed E-state index contributed by atoms with van der Waals surface area (Å²) < 4.78 is 10.7. The van der Waals surface area contributed by atoms with E-state index in [0.29, 0.717) is 6.42 Å². The SMILES string of the molecule is C=C1OC(=O)[C@@]2(C1=O)C(=O)C1(C)[C@@H](C=C[C@@H]3[C@H](O)[C@@H](C)[C@H](OC(C)=O)C[C@@H]31)C[C@H]2/C=C/C=C/C=C/C(=O)O. The number of aliphatic carboxylic acids is 1. The number of ketones is 2. The molecule has 202 valence electrons. The zero-order valence-corrected chi connectivity index (χ0v) is 21.5. The average molecular weight is 525 g/mol. The van der Waals surface area contributed by atoms with Crippen molar-refractivity contribution in [2.24, 2.45) is 40.4 Å². The lowest BCUT2D eigenvalue weighted by Crippen LogP contribution is -2.65. The largest absolute Gasteiger partial charge is 0.478 e. The van der Waals surface area contributed by atoms with Crippen molar-refractivity contribution in [3.63, 3.8) is 0 Å². The molecular weight excluding hydrogens is 492 g/mol. The van der Waals surface area contributed by atoms with Crippen LogP contribution in [-0.2, 0) is 33.4 Å². The Hall–Kier alpha value is -3.59. The summed E-state index contributed by atoms with van der Waals surface area (Å²) in [5.74, 6) is -6.78. The second kappa shape index (κ2) is 9.94. The minimum absolute atomic E-state index is 0.273. The van der Waals surface area contributed by atoms with E-state index in [4.69, 9.17) is 14.6 Å². The Bertz CT molecular complexity index is 1210. The van der Waals surface area contributed by atoms with E-state index in [9.17, 15) is 29.1 Å². The molecule has 1 aliphatic heterocycles. The van der Waals surface area contributed by atoms with E-state index in [1.807, 2.05) is 12.2 Å². The molecule has 2 saturated carbocycles. The summed E-state index contributed by atoms with van der Waals surface area (Å²) in [7, 11) is 0. The third kappa shape index (κ3) is 4.09. The van der Waals surface area contributed by atoms with Crippen LogP contribution in [0.3, 0.4) is 0 Å². The number of carbonyl (C=O) groups is 5. The molecule has 0 aromatic heterocycles. The van der Waals surface area contributed by atoms with Gasteiger partial charge in [-0.2, -0.15) is 0 Å². The van der Waals surface area contributed by atoms with Crippen molar-refractivity contribution in [3.05, 3.63) is 60.9 Å². The van der Waals surface area contributed by atoms with Gasteiger partial charge in [0.1, 0.15) is 6.10 Å². The number of ether oxygens (including phenoxy) is 2. The summed E-state index contributed by atoms with van der Waals surface area (Å²) in [6, 6.07) is 0. The summed E-state index contributed by atoms with van der Waals surface area (Å²) in [5.41, 5.74) is -3.34. The molecule has 9 atom stereocenters. The predicted molar refractivity (Wildman–Crippen MR) is 134 cm³/mol. The number of hydrogen-bond acceptors (Lipinski definition) is 8. The first-order chi connectivity index (χ1) is 17.9. The van der Waals surface area contributed by atoms with Gasteiger partial charge in [0.2, 0.25) is 5.78 Å². The van der Waals surface area contributed by atoms with Crippen LogP contribution in [0.2, 0.25) is 0 Å². The standard InChI is InChI=1S/C29H32O9/c1-15-22(38-17(3)30)14-21-20(24(15)33)12-11-18-13-19(9-7-5-6-8-10-23(31)32)29(26(35)28(18,21)4)25(34)16(2)37-27(29)36/h5-12,15,18-22,24,33H,2,13-14H2,1,3-4H3,(H,31,32)/b6-5+,9-7+,10-8+/t15-,18-,19+,20-,21-,22+,24+,28?,29-/m0/s1. The highest BCUT2D eigenvalue weighted by atomic mass is 16.6. The number of fused-ring (bicyclic) bond motifs is 3. The Balaban J connectivity index is 1.77. The van der Waals surface area contributed by atoms with Gasteiger partial charge in [-0.05, 0) is 24.7 Å². The van der Waals surface area contributed by atoms with E-state index in [-0.39, 0.29) is 24.0 Å². The average Bonchev–Trinajstić information content (AvgIpc) is 3.07. The maximum Gasteiger partial charge on any atom is 0.333 e. The van der Waals surface area contributed by atoms with Gasteiger partial charge in [-0.15, -0.1) is 0 Å². The monoisotopic (exact) mass is 524 g/mol. The van der Waals surface area contributed by atoms with Crippen molar-refractivity contribution < 1.29 is 43.7 Å². The van der Waals surface area contributed by atoms with E-state index >= 15 is 0 Å². The minimum Gasteiger partial charge on any atom is -0.478 e. The van der Waals surface area contributed by atoms with Crippen molar-refractivity contribution >= 4 is 29.5 Å². The maximum atomic E-state index is 14.6. The molecule has 1 unspecified atom stereocenters. The molecule has 1 saturated heterocycles. The molecule has 1 heterocycles. The van der Waals surface area contributed by atoms with Gasteiger partial charge in [0.05, 0.1) is 6.10 Å². The fourth-order valence-electron chi connectivity index (χ4n) is 6.89. The lowest BCUT2D eigenvalue weighted by Gasteiger charge is -2.58. The summed E-state index contributed by atoms with van der Waals surface area (Å²) in [5, 5.41) is 19.8. The van der Waals surface area contributed by atoms with E-state index in [1.54, 1.807) is 32.1 Å². The molecule has 4 aliphatic rings.